The zero-order chi connectivity index (χ0) is 13.8. The van der Waals surface area contributed by atoms with Crippen molar-refractivity contribution in [2.24, 2.45) is 0 Å². The van der Waals surface area contributed by atoms with E-state index in [2.05, 4.69) is 17.3 Å². The highest BCUT2D eigenvalue weighted by Crippen LogP contribution is 2.30. The summed E-state index contributed by atoms with van der Waals surface area (Å²) >= 11 is 12.1. The molecule has 6 heteroatoms. The molecule has 2 rings (SSSR count). The summed E-state index contributed by atoms with van der Waals surface area (Å²) in [6.45, 7) is 5.74. The molecular weight excluding hydrogens is 285 g/mol. The van der Waals surface area contributed by atoms with Crippen molar-refractivity contribution < 1.29 is 4.42 Å². The van der Waals surface area contributed by atoms with E-state index >= 15 is 0 Å². The van der Waals surface area contributed by atoms with E-state index in [1.807, 2.05) is 17.7 Å². The fraction of sp³-hybridized carbons (Fsp3) is 0.462. The van der Waals surface area contributed by atoms with E-state index in [0.29, 0.717) is 10.2 Å². The van der Waals surface area contributed by atoms with E-state index < -0.39 is 0 Å². The first-order chi connectivity index (χ1) is 9.17. The molecule has 19 heavy (non-hydrogen) atoms. The molecule has 4 nitrogen and oxygen atoms in total. The van der Waals surface area contributed by atoms with Crippen LogP contribution < -0.4 is 5.32 Å². The maximum Gasteiger partial charge on any atom is 0.193 e. The lowest BCUT2D eigenvalue weighted by Gasteiger charge is -2.18. The number of nitrogens with zero attached hydrogens (tertiary/aromatic N) is 2. The van der Waals surface area contributed by atoms with Gasteiger partial charge >= 0.3 is 0 Å². The predicted molar refractivity (Wildman–Crippen MR) is 76.8 cm³/mol. The van der Waals surface area contributed by atoms with Crippen molar-refractivity contribution in [2.75, 3.05) is 6.54 Å². The minimum atomic E-state index is -0.137. The van der Waals surface area contributed by atoms with Crippen molar-refractivity contribution in [3.8, 4) is 0 Å². The van der Waals surface area contributed by atoms with E-state index in [4.69, 9.17) is 27.6 Å². The Morgan fingerprint density at radius 2 is 2.16 bits per heavy atom. The van der Waals surface area contributed by atoms with Crippen LogP contribution in [0, 0.1) is 0 Å². The first kappa shape index (κ1) is 14.4. The lowest BCUT2D eigenvalue weighted by atomic mass is 10.1. The van der Waals surface area contributed by atoms with E-state index in [1.54, 1.807) is 12.3 Å². The zero-order valence-electron chi connectivity index (χ0n) is 11.0. The van der Waals surface area contributed by atoms with Crippen LogP contribution in [-0.4, -0.2) is 16.3 Å². The molecule has 0 bridgehead atoms. The Morgan fingerprint density at radius 3 is 2.74 bits per heavy atom. The molecule has 1 N–H and O–H groups in total. The van der Waals surface area contributed by atoms with E-state index in [9.17, 15) is 0 Å². The van der Waals surface area contributed by atoms with Crippen LogP contribution in [0.3, 0.4) is 0 Å². The molecule has 0 radical (unpaired) electrons. The highest BCUT2D eigenvalue weighted by atomic mass is 35.5. The highest BCUT2D eigenvalue weighted by Gasteiger charge is 2.24. The second-order valence-electron chi connectivity index (χ2n) is 4.22. The van der Waals surface area contributed by atoms with Crippen molar-refractivity contribution in [3.63, 3.8) is 0 Å². The van der Waals surface area contributed by atoms with Gasteiger partial charge in [0.1, 0.15) is 11.8 Å². The van der Waals surface area contributed by atoms with E-state index in [0.717, 1.165) is 31.0 Å². The SMILES string of the molecule is CCCNC(c1ccc(Cl)o1)c1c(Cl)cnn1CC. The Bertz CT molecular complexity index is 536. The minimum absolute atomic E-state index is 0.137. The number of hydrogen-bond donors (Lipinski definition) is 1. The molecular formula is C13H17Cl2N3O. The van der Waals surface area contributed by atoms with Crippen LogP contribution in [0.15, 0.2) is 22.7 Å². The molecule has 2 aromatic rings. The van der Waals surface area contributed by atoms with Crippen LogP contribution in [0.5, 0.6) is 0 Å². The summed E-state index contributed by atoms with van der Waals surface area (Å²) in [5, 5.41) is 8.68. The van der Waals surface area contributed by atoms with Gasteiger partial charge in [0.05, 0.1) is 16.9 Å². The lowest BCUT2D eigenvalue weighted by Crippen LogP contribution is -2.25. The van der Waals surface area contributed by atoms with Gasteiger partial charge in [0, 0.05) is 6.54 Å². The van der Waals surface area contributed by atoms with Gasteiger partial charge in [-0.2, -0.15) is 5.10 Å². The molecule has 2 aromatic heterocycles. The largest absolute Gasteiger partial charge is 0.448 e. The summed E-state index contributed by atoms with van der Waals surface area (Å²) in [4.78, 5) is 0. The van der Waals surface area contributed by atoms with Gasteiger partial charge in [0.15, 0.2) is 5.22 Å². The molecule has 0 saturated carbocycles. The van der Waals surface area contributed by atoms with Gasteiger partial charge in [-0.25, -0.2) is 0 Å². The fourth-order valence-corrected chi connectivity index (χ4v) is 2.42. The number of halogens is 2. The molecule has 0 fully saturated rings. The summed E-state index contributed by atoms with van der Waals surface area (Å²) in [5.41, 5.74) is 0.906. The third kappa shape index (κ3) is 3.14. The Kier molecular flexibility index (Phi) is 4.91. The summed E-state index contributed by atoms with van der Waals surface area (Å²) < 4.78 is 7.39. The van der Waals surface area contributed by atoms with E-state index in [-0.39, 0.29) is 6.04 Å². The van der Waals surface area contributed by atoms with Crippen molar-refractivity contribution in [3.05, 3.63) is 40.0 Å². The van der Waals surface area contributed by atoms with E-state index in [1.165, 1.54) is 0 Å². The number of hydrogen-bond acceptors (Lipinski definition) is 3. The van der Waals surface area contributed by atoms with Gasteiger partial charge in [-0.3, -0.25) is 4.68 Å². The average Bonchev–Trinajstić information content (AvgIpc) is 2.98. The summed E-state index contributed by atoms with van der Waals surface area (Å²) in [6, 6.07) is 3.46. The van der Waals surface area contributed by atoms with Gasteiger partial charge in [-0.05, 0) is 43.6 Å². The molecule has 0 aliphatic rings. The van der Waals surface area contributed by atoms with Crippen LogP contribution in [0.2, 0.25) is 10.2 Å². The summed E-state index contributed by atoms with van der Waals surface area (Å²) in [7, 11) is 0. The monoisotopic (exact) mass is 301 g/mol. The third-order valence-corrected chi connectivity index (χ3v) is 3.38. The van der Waals surface area contributed by atoms with Gasteiger partial charge in [-0.15, -0.1) is 0 Å². The topological polar surface area (TPSA) is 43.0 Å². The second-order valence-corrected chi connectivity index (χ2v) is 5.00. The number of nitrogens with one attached hydrogen (secondary N) is 1. The first-order valence-electron chi connectivity index (χ1n) is 6.37. The van der Waals surface area contributed by atoms with Crippen LogP contribution in [-0.2, 0) is 6.54 Å². The molecule has 104 valence electrons. The molecule has 0 aliphatic carbocycles. The quantitative estimate of drug-likeness (QED) is 0.880. The number of aromatic nitrogens is 2. The smallest absolute Gasteiger partial charge is 0.193 e. The molecule has 1 atom stereocenters. The van der Waals surface area contributed by atoms with Crippen LogP contribution in [0.25, 0.3) is 0 Å². The highest BCUT2D eigenvalue weighted by molar-refractivity contribution is 6.31. The molecule has 0 saturated heterocycles. The Morgan fingerprint density at radius 1 is 1.37 bits per heavy atom. The molecule has 0 aliphatic heterocycles. The first-order valence-corrected chi connectivity index (χ1v) is 7.12. The predicted octanol–water partition coefficient (Wildman–Crippen LogP) is 3.89. The van der Waals surface area contributed by atoms with Crippen LogP contribution in [0.1, 0.15) is 37.8 Å². The summed E-state index contributed by atoms with van der Waals surface area (Å²) in [5.74, 6) is 0.746. The Hall–Kier alpha value is -0.970. The maximum absolute atomic E-state index is 6.26. The van der Waals surface area contributed by atoms with Crippen molar-refractivity contribution in [1.29, 1.82) is 0 Å². The third-order valence-electron chi connectivity index (χ3n) is 2.88. The van der Waals surface area contributed by atoms with Crippen molar-refractivity contribution >= 4 is 23.2 Å². The molecule has 0 amide bonds. The Balaban J connectivity index is 2.39. The van der Waals surface area contributed by atoms with Gasteiger partial charge in [0.2, 0.25) is 0 Å². The molecule has 0 spiro atoms. The van der Waals surface area contributed by atoms with Crippen LogP contribution in [0.4, 0.5) is 0 Å². The van der Waals surface area contributed by atoms with Crippen molar-refractivity contribution in [1.82, 2.24) is 15.1 Å². The number of aryl methyl sites for hydroxylation is 1. The number of rotatable bonds is 6. The maximum atomic E-state index is 6.26. The summed E-state index contributed by atoms with van der Waals surface area (Å²) in [6.07, 6.45) is 2.67. The molecule has 2 heterocycles. The minimum Gasteiger partial charge on any atom is -0.448 e. The van der Waals surface area contributed by atoms with Gasteiger partial charge in [0.25, 0.3) is 0 Å². The standard InChI is InChI=1S/C13H17Cl2N3O/c1-3-7-16-12(10-5-6-11(15)19-10)13-9(14)8-17-18(13)4-2/h5-6,8,12,16H,3-4,7H2,1-2H3. The number of furan rings is 1. The molecule has 0 aromatic carbocycles. The fourth-order valence-electron chi connectivity index (χ4n) is 2.02. The lowest BCUT2D eigenvalue weighted by molar-refractivity contribution is 0.428. The van der Waals surface area contributed by atoms with Crippen molar-refractivity contribution in [2.45, 2.75) is 32.9 Å². The second kappa shape index (κ2) is 6.46. The molecule has 1 unspecified atom stereocenters. The normalized spacial score (nSPS) is 12.8. The van der Waals surface area contributed by atoms with Crippen LogP contribution >= 0.6 is 23.2 Å². The zero-order valence-corrected chi connectivity index (χ0v) is 12.5. The van der Waals surface area contributed by atoms with Gasteiger partial charge < -0.3 is 9.73 Å². The van der Waals surface area contributed by atoms with Gasteiger partial charge in [-0.1, -0.05) is 18.5 Å². The Labute approximate surface area is 122 Å². The average molecular weight is 302 g/mol.